The lowest BCUT2D eigenvalue weighted by molar-refractivity contribution is -0.122. The van der Waals surface area contributed by atoms with Crippen molar-refractivity contribution < 1.29 is 4.79 Å². The third-order valence-corrected chi connectivity index (χ3v) is 5.13. The fourth-order valence-electron chi connectivity index (χ4n) is 3.54. The Morgan fingerprint density at radius 3 is 2.70 bits per heavy atom. The minimum absolute atomic E-state index is 0.236. The zero-order valence-electron chi connectivity index (χ0n) is 12.9. The highest BCUT2D eigenvalue weighted by molar-refractivity contribution is 5.76. The molecule has 0 spiro atoms. The van der Waals surface area contributed by atoms with E-state index in [1.54, 1.807) is 0 Å². The van der Waals surface area contributed by atoms with Gasteiger partial charge in [-0.05, 0) is 44.2 Å². The van der Waals surface area contributed by atoms with Crippen molar-refractivity contribution in [2.45, 2.75) is 57.9 Å². The van der Waals surface area contributed by atoms with Gasteiger partial charge in [0.05, 0.1) is 0 Å². The highest BCUT2D eigenvalue weighted by atomic mass is 16.1. The largest absolute Gasteiger partial charge is 0.353 e. The van der Waals surface area contributed by atoms with E-state index in [-0.39, 0.29) is 5.91 Å². The van der Waals surface area contributed by atoms with E-state index in [4.69, 9.17) is 5.73 Å². The van der Waals surface area contributed by atoms with Crippen LogP contribution in [0.4, 0.5) is 0 Å². The molecule has 4 nitrogen and oxygen atoms in total. The van der Waals surface area contributed by atoms with Crippen molar-refractivity contribution in [1.29, 1.82) is 0 Å². The predicted octanol–water partition coefficient (Wildman–Crippen LogP) is 1.74. The molecule has 2 unspecified atom stereocenters. The summed E-state index contributed by atoms with van der Waals surface area (Å²) in [6, 6.07) is 0.439. The molecule has 1 aliphatic carbocycles. The summed E-state index contributed by atoms with van der Waals surface area (Å²) < 4.78 is 0. The molecule has 4 heteroatoms. The number of carbonyl (C=O) groups excluding carboxylic acids is 1. The van der Waals surface area contributed by atoms with Crippen LogP contribution < -0.4 is 11.1 Å². The molecule has 0 aromatic rings. The topological polar surface area (TPSA) is 58.4 Å². The molecular weight excluding hydrogens is 250 g/mol. The molecule has 1 aliphatic heterocycles. The van der Waals surface area contributed by atoms with Gasteiger partial charge in [-0.2, -0.15) is 0 Å². The summed E-state index contributed by atoms with van der Waals surface area (Å²) in [7, 11) is 0. The number of hydrogen-bond acceptors (Lipinski definition) is 3. The maximum absolute atomic E-state index is 12.0. The molecule has 1 amide bonds. The number of nitrogens with one attached hydrogen (secondary N) is 1. The molecule has 2 atom stereocenters. The quantitative estimate of drug-likeness (QED) is 0.807. The lowest BCUT2D eigenvalue weighted by Crippen LogP contribution is -2.44. The van der Waals surface area contributed by atoms with Crippen LogP contribution in [-0.4, -0.2) is 43.0 Å². The number of amides is 1. The molecule has 0 bridgehead atoms. The van der Waals surface area contributed by atoms with Gasteiger partial charge in [-0.1, -0.05) is 26.2 Å². The van der Waals surface area contributed by atoms with Gasteiger partial charge in [0, 0.05) is 25.6 Å². The van der Waals surface area contributed by atoms with E-state index >= 15 is 0 Å². The molecular formula is C16H31N3O. The van der Waals surface area contributed by atoms with Gasteiger partial charge in [-0.25, -0.2) is 0 Å². The maximum atomic E-state index is 12.0. The second kappa shape index (κ2) is 7.99. The highest BCUT2D eigenvalue weighted by Gasteiger charge is 2.25. The van der Waals surface area contributed by atoms with Crippen LogP contribution >= 0.6 is 0 Å². The number of carbonyl (C=O) groups is 1. The number of hydrogen-bond donors (Lipinski definition) is 2. The summed E-state index contributed by atoms with van der Waals surface area (Å²) >= 11 is 0. The first-order chi connectivity index (χ1) is 9.69. The second-order valence-corrected chi connectivity index (χ2v) is 6.71. The number of piperidine rings is 1. The van der Waals surface area contributed by atoms with E-state index in [0.717, 1.165) is 32.1 Å². The summed E-state index contributed by atoms with van der Waals surface area (Å²) in [5.41, 5.74) is 5.83. The van der Waals surface area contributed by atoms with Crippen molar-refractivity contribution in [2.75, 3.05) is 26.2 Å². The second-order valence-electron chi connectivity index (χ2n) is 6.71. The number of likely N-dealkylation sites (tertiary alicyclic amines) is 1. The van der Waals surface area contributed by atoms with Gasteiger partial charge in [-0.15, -0.1) is 0 Å². The maximum Gasteiger partial charge on any atom is 0.221 e. The molecule has 0 radical (unpaired) electrons. The lowest BCUT2D eigenvalue weighted by Gasteiger charge is -2.36. The number of nitrogens with two attached hydrogens (primary N) is 1. The summed E-state index contributed by atoms with van der Waals surface area (Å²) in [5.74, 6) is 1.57. The molecule has 0 aromatic carbocycles. The Morgan fingerprint density at radius 1 is 1.25 bits per heavy atom. The number of nitrogens with zero attached hydrogens (tertiary/aromatic N) is 1. The van der Waals surface area contributed by atoms with Crippen LogP contribution in [0.25, 0.3) is 0 Å². The van der Waals surface area contributed by atoms with Gasteiger partial charge >= 0.3 is 0 Å². The van der Waals surface area contributed by atoms with Gasteiger partial charge in [0.1, 0.15) is 0 Å². The Hall–Kier alpha value is -0.610. The lowest BCUT2D eigenvalue weighted by atomic mass is 9.87. The summed E-state index contributed by atoms with van der Waals surface area (Å²) in [4.78, 5) is 14.4. The van der Waals surface area contributed by atoms with Crippen LogP contribution in [0.1, 0.15) is 51.9 Å². The molecule has 0 aromatic heterocycles. The van der Waals surface area contributed by atoms with Crippen molar-refractivity contribution in [1.82, 2.24) is 10.2 Å². The van der Waals surface area contributed by atoms with Gasteiger partial charge in [0.15, 0.2) is 0 Å². The first-order valence-corrected chi connectivity index (χ1v) is 8.41. The van der Waals surface area contributed by atoms with E-state index in [0.29, 0.717) is 18.4 Å². The summed E-state index contributed by atoms with van der Waals surface area (Å²) in [6.45, 7) is 6.14. The van der Waals surface area contributed by atoms with Crippen LogP contribution in [-0.2, 0) is 4.79 Å². The zero-order chi connectivity index (χ0) is 14.4. The van der Waals surface area contributed by atoms with Crippen LogP contribution in [0.15, 0.2) is 0 Å². The first-order valence-electron chi connectivity index (χ1n) is 8.41. The Morgan fingerprint density at radius 2 is 2.00 bits per heavy atom. The Kier molecular flexibility index (Phi) is 6.30. The molecule has 1 saturated carbocycles. The van der Waals surface area contributed by atoms with E-state index in [1.807, 2.05) is 0 Å². The smallest absolute Gasteiger partial charge is 0.221 e. The minimum atomic E-state index is 0.236. The molecule has 2 fully saturated rings. The van der Waals surface area contributed by atoms with E-state index < -0.39 is 0 Å². The van der Waals surface area contributed by atoms with Crippen LogP contribution in [0.3, 0.4) is 0 Å². The van der Waals surface area contributed by atoms with Crippen molar-refractivity contribution in [3.05, 3.63) is 0 Å². The van der Waals surface area contributed by atoms with Crippen LogP contribution in [0.5, 0.6) is 0 Å². The van der Waals surface area contributed by atoms with Crippen molar-refractivity contribution >= 4 is 5.91 Å². The molecule has 1 heterocycles. The van der Waals surface area contributed by atoms with Crippen molar-refractivity contribution in [3.8, 4) is 0 Å². The molecule has 20 heavy (non-hydrogen) atoms. The Bertz CT molecular complexity index is 302. The summed E-state index contributed by atoms with van der Waals surface area (Å²) in [6.07, 6.45) is 8.07. The molecule has 1 saturated heterocycles. The SMILES string of the molecule is CC1CCN(CCC(=O)NC2CCCCC2)CC1CN. The fraction of sp³-hybridized carbons (Fsp3) is 0.938. The zero-order valence-corrected chi connectivity index (χ0v) is 12.9. The molecule has 2 rings (SSSR count). The predicted molar refractivity (Wildman–Crippen MR) is 82.4 cm³/mol. The van der Waals surface area contributed by atoms with Gasteiger partial charge in [-0.3, -0.25) is 4.79 Å². The van der Waals surface area contributed by atoms with Crippen LogP contribution in [0.2, 0.25) is 0 Å². The average molecular weight is 281 g/mol. The third kappa shape index (κ3) is 4.74. The van der Waals surface area contributed by atoms with E-state index in [2.05, 4.69) is 17.1 Å². The molecule has 116 valence electrons. The van der Waals surface area contributed by atoms with E-state index in [1.165, 1.54) is 38.5 Å². The monoisotopic (exact) mass is 281 g/mol. The third-order valence-electron chi connectivity index (χ3n) is 5.13. The minimum Gasteiger partial charge on any atom is -0.353 e. The summed E-state index contributed by atoms with van der Waals surface area (Å²) in [5, 5.41) is 3.20. The first kappa shape index (κ1) is 15.8. The van der Waals surface area contributed by atoms with Crippen LogP contribution in [0, 0.1) is 11.8 Å². The normalized spacial score (nSPS) is 29.3. The van der Waals surface area contributed by atoms with Gasteiger partial charge < -0.3 is 16.0 Å². The standard InChI is InChI=1S/C16H31N3O/c1-13-7-9-19(12-14(13)11-17)10-8-16(20)18-15-5-3-2-4-6-15/h13-15H,2-12,17H2,1H3,(H,18,20). The average Bonchev–Trinajstić information content (AvgIpc) is 2.47. The number of rotatable bonds is 5. The van der Waals surface area contributed by atoms with E-state index in [9.17, 15) is 4.79 Å². The van der Waals surface area contributed by atoms with Gasteiger partial charge in [0.25, 0.3) is 0 Å². The molecule has 2 aliphatic rings. The van der Waals surface area contributed by atoms with Crippen molar-refractivity contribution in [3.63, 3.8) is 0 Å². The highest BCUT2D eigenvalue weighted by Crippen LogP contribution is 2.22. The van der Waals surface area contributed by atoms with Gasteiger partial charge in [0.2, 0.25) is 5.91 Å². The fourth-order valence-corrected chi connectivity index (χ4v) is 3.54. The van der Waals surface area contributed by atoms with Crippen molar-refractivity contribution in [2.24, 2.45) is 17.6 Å². The Balaban J connectivity index is 1.65. The molecule has 3 N–H and O–H groups in total. The Labute approximate surface area is 123 Å².